The molecule has 168 valence electrons. The molecule has 2 aromatic heterocycles. The van der Waals surface area contributed by atoms with E-state index >= 15 is 0 Å². The first-order valence-corrected chi connectivity index (χ1v) is 10.6. The minimum absolute atomic E-state index is 0.103. The van der Waals surface area contributed by atoms with E-state index in [2.05, 4.69) is 33.2 Å². The molecule has 0 radical (unpaired) electrons. The number of H-pyrrole nitrogens is 1. The third-order valence-corrected chi connectivity index (χ3v) is 5.94. The summed E-state index contributed by atoms with van der Waals surface area (Å²) < 4.78 is 38.9. The van der Waals surface area contributed by atoms with Crippen molar-refractivity contribution in [3.05, 3.63) is 89.2 Å². The third kappa shape index (κ3) is 4.16. The Morgan fingerprint density at radius 2 is 2.03 bits per heavy atom. The lowest BCUT2D eigenvalue weighted by Gasteiger charge is -2.20. The number of anilines is 2. The Kier molecular flexibility index (Phi) is 5.08. The van der Waals surface area contributed by atoms with Crippen molar-refractivity contribution in [1.29, 1.82) is 0 Å². The highest BCUT2D eigenvalue weighted by Crippen LogP contribution is 2.38. The molecule has 8 heteroatoms. The second-order valence-corrected chi connectivity index (χ2v) is 8.35. The minimum Gasteiger partial charge on any atom is -0.366 e. The molecule has 0 saturated carbocycles. The van der Waals surface area contributed by atoms with Crippen molar-refractivity contribution in [2.45, 2.75) is 25.6 Å². The minimum atomic E-state index is -4.47. The number of carbonyl (C=O) groups is 1. The standard InChI is InChI=1S/C25H21F3N4O/c1-15-13-32(14-16-9-17-7-8-29-23(17)30-12-16)22-10-18(5-6-21(15)22)24(33)31-20-4-2-3-19(11-20)25(26,27)28/h2-12,15H,13-14H2,1H3,(H,29,30)(H,31,33). The van der Waals surface area contributed by atoms with Crippen molar-refractivity contribution in [2.75, 3.05) is 16.8 Å². The fourth-order valence-corrected chi connectivity index (χ4v) is 4.32. The molecule has 0 spiro atoms. The fourth-order valence-electron chi connectivity index (χ4n) is 4.32. The first kappa shape index (κ1) is 21.1. The van der Waals surface area contributed by atoms with Gasteiger partial charge in [-0.15, -0.1) is 0 Å². The lowest BCUT2D eigenvalue weighted by molar-refractivity contribution is -0.137. The molecular formula is C25H21F3N4O. The van der Waals surface area contributed by atoms with Crippen LogP contribution in [0.3, 0.4) is 0 Å². The molecule has 1 aliphatic heterocycles. The molecule has 0 fully saturated rings. The van der Waals surface area contributed by atoms with Gasteiger partial charge in [-0.3, -0.25) is 4.79 Å². The van der Waals surface area contributed by atoms with Crippen molar-refractivity contribution >= 4 is 28.3 Å². The Morgan fingerprint density at radius 3 is 2.85 bits per heavy atom. The highest BCUT2D eigenvalue weighted by molar-refractivity contribution is 6.05. The molecule has 0 saturated heterocycles. The van der Waals surface area contributed by atoms with Crippen LogP contribution in [0.1, 0.15) is 39.9 Å². The Labute approximate surface area is 188 Å². The van der Waals surface area contributed by atoms with Crippen LogP contribution in [0.5, 0.6) is 0 Å². The molecule has 1 unspecified atom stereocenters. The molecule has 33 heavy (non-hydrogen) atoms. The third-order valence-electron chi connectivity index (χ3n) is 5.94. The first-order chi connectivity index (χ1) is 15.8. The SMILES string of the molecule is CC1CN(Cc2cnc3[nH]ccc3c2)c2cc(C(=O)Nc3cccc(C(F)(F)F)c3)ccc21. The molecule has 2 N–H and O–H groups in total. The molecule has 1 amide bonds. The number of hydrogen-bond acceptors (Lipinski definition) is 3. The monoisotopic (exact) mass is 450 g/mol. The van der Waals surface area contributed by atoms with Gasteiger partial charge in [-0.1, -0.05) is 19.1 Å². The number of carbonyl (C=O) groups excluding carboxylic acids is 1. The maximum absolute atomic E-state index is 13.0. The van der Waals surface area contributed by atoms with Crippen molar-refractivity contribution < 1.29 is 18.0 Å². The number of rotatable bonds is 4. The molecule has 5 nitrogen and oxygen atoms in total. The van der Waals surface area contributed by atoms with E-state index in [-0.39, 0.29) is 5.69 Å². The van der Waals surface area contributed by atoms with Crippen LogP contribution >= 0.6 is 0 Å². The van der Waals surface area contributed by atoms with Crippen LogP contribution in [0, 0.1) is 0 Å². The number of nitrogens with zero attached hydrogens (tertiary/aromatic N) is 2. The number of amides is 1. The van der Waals surface area contributed by atoms with Gasteiger partial charge in [-0.25, -0.2) is 4.98 Å². The largest absolute Gasteiger partial charge is 0.416 e. The number of hydrogen-bond donors (Lipinski definition) is 2. The second kappa shape index (κ2) is 7.95. The summed E-state index contributed by atoms with van der Waals surface area (Å²) in [5.41, 5.74) is 3.68. The summed E-state index contributed by atoms with van der Waals surface area (Å²) in [7, 11) is 0. The van der Waals surface area contributed by atoms with Crippen molar-refractivity contribution in [3.63, 3.8) is 0 Å². The molecule has 0 bridgehead atoms. The molecule has 3 heterocycles. The van der Waals surface area contributed by atoms with Gasteiger partial charge >= 0.3 is 6.18 Å². The van der Waals surface area contributed by atoms with Gasteiger partial charge in [0, 0.05) is 53.7 Å². The Hall–Kier alpha value is -3.81. The van der Waals surface area contributed by atoms with Gasteiger partial charge in [0.2, 0.25) is 0 Å². The van der Waals surface area contributed by atoms with E-state index in [0.717, 1.165) is 46.5 Å². The lowest BCUT2D eigenvalue weighted by Crippen LogP contribution is -2.21. The van der Waals surface area contributed by atoms with Crippen LogP contribution < -0.4 is 10.2 Å². The number of alkyl halides is 3. The number of aromatic amines is 1. The molecule has 5 rings (SSSR count). The predicted octanol–water partition coefficient (Wildman–Crippen LogP) is 5.96. The van der Waals surface area contributed by atoms with E-state index in [9.17, 15) is 18.0 Å². The Morgan fingerprint density at radius 1 is 1.18 bits per heavy atom. The van der Waals surface area contributed by atoms with Crippen LogP contribution in [0.4, 0.5) is 24.5 Å². The molecule has 1 aliphatic rings. The summed E-state index contributed by atoms with van der Waals surface area (Å²) in [5.74, 6) is -0.156. The average molecular weight is 450 g/mol. The molecule has 2 aromatic carbocycles. The van der Waals surface area contributed by atoms with E-state index in [4.69, 9.17) is 0 Å². The van der Waals surface area contributed by atoms with E-state index in [1.54, 1.807) is 6.07 Å². The smallest absolute Gasteiger partial charge is 0.366 e. The van der Waals surface area contributed by atoms with Crippen molar-refractivity contribution in [1.82, 2.24) is 9.97 Å². The van der Waals surface area contributed by atoms with E-state index in [1.165, 1.54) is 12.1 Å². The molecular weight excluding hydrogens is 429 g/mol. The highest BCUT2D eigenvalue weighted by atomic mass is 19.4. The Bertz CT molecular complexity index is 1340. The number of aromatic nitrogens is 2. The van der Waals surface area contributed by atoms with Gasteiger partial charge in [0.05, 0.1) is 5.56 Å². The summed E-state index contributed by atoms with van der Waals surface area (Å²) in [4.78, 5) is 22.6. The van der Waals surface area contributed by atoms with E-state index < -0.39 is 17.6 Å². The van der Waals surface area contributed by atoms with Crippen LogP contribution in [-0.2, 0) is 12.7 Å². The van der Waals surface area contributed by atoms with Crippen LogP contribution in [0.15, 0.2) is 67.0 Å². The summed E-state index contributed by atoms with van der Waals surface area (Å²) >= 11 is 0. The zero-order valence-corrected chi connectivity index (χ0v) is 17.8. The first-order valence-electron chi connectivity index (χ1n) is 10.6. The molecule has 4 aromatic rings. The summed E-state index contributed by atoms with van der Waals surface area (Å²) in [6.45, 7) is 3.58. The van der Waals surface area contributed by atoms with Crippen molar-refractivity contribution in [3.8, 4) is 0 Å². The zero-order valence-electron chi connectivity index (χ0n) is 17.8. The van der Waals surface area contributed by atoms with E-state index in [0.29, 0.717) is 18.0 Å². The maximum Gasteiger partial charge on any atom is 0.416 e. The van der Waals surface area contributed by atoms with Crippen molar-refractivity contribution in [2.24, 2.45) is 0 Å². The quantitative estimate of drug-likeness (QED) is 0.403. The van der Waals surface area contributed by atoms with Crippen LogP contribution in [0.2, 0.25) is 0 Å². The molecule has 1 atom stereocenters. The van der Waals surface area contributed by atoms with Gasteiger partial charge < -0.3 is 15.2 Å². The topological polar surface area (TPSA) is 61.0 Å². The zero-order chi connectivity index (χ0) is 23.2. The van der Waals surface area contributed by atoms with Crippen LogP contribution in [0.25, 0.3) is 11.0 Å². The van der Waals surface area contributed by atoms with Crippen LogP contribution in [-0.4, -0.2) is 22.4 Å². The van der Waals surface area contributed by atoms with Gasteiger partial charge in [0.1, 0.15) is 5.65 Å². The fraction of sp³-hybridized carbons (Fsp3) is 0.200. The number of fused-ring (bicyclic) bond motifs is 2. The number of benzene rings is 2. The lowest BCUT2D eigenvalue weighted by atomic mass is 10.0. The van der Waals surface area contributed by atoms with Gasteiger partial charge in [-0.05, 0) is 53.6 Å². The Balaban J connectivity index is 1.38. The summed E-state index contributed by atoms with van der Waals surface area (Å²) in [5, 5.41) is 3.62. The van der Waals surface area contributed by atoms with E-state index in [1.807, 2.05) is 30.6 Å². The average Bonchev–Trinajstić information content (AvgIpc) is 3.37. The normalized spacial score (nSPS) is 15.6. The summed E-state index contributed by atoms with van der Waals surface area (Å²) in [6.07, 6.45) is -0.779. The summed E-state index contributed by atoms with van der Waals surface area (Å²) in [6, 6.07) is 14.1. The van der Waals surface area contributed by atoms with Gasteiger partial charge in [-0.2, -0.15) is 13.2 Å². The van der Waals surface area contributed by atoms with Gasteiger partial charge in [0.25, 0.3) is 5.91 Å². The number of pyridine rings is 1. The number of halogens is 3. The predicted molar refractivity (Wildman–Crippen MR) is 121 cm³/mol. The number of nitrogens with one attached hydrogen (secondary N) is 2. The molecule has 0 aliphatic carbocycles. The second-order valence-electron chi connectivity index (χ2n) is 8.35. The van der Waals surface area contributed by atoms with Gasteiger partial charge in [0.15, 0.2) is 0 Å². The highest BCUT2D eigenvalue weighted by Gasteiger charge is 2.31. The maximum atomic E-state index is 13.0.